The fraction of sp³-hybridized carbons (Fsp3) is 0.556. The zero-order valence-corrected chi connectivity index (χ0v) is 14.5. The van der Waals surface area contributed by atoms with Crippen LogP contribution in [0.5, 0.6) is 5.75 Å². The molecule has 126 valence electrons. The number of carbonyl (C=O) groups excluding carboxylic acids is 2. The van der Waals surface area contributed by atoms with E-state index in [0.29, 0.717) is 38.5 Å². The second-order valence-electron chi connectivity index (χ2n) is 6.29. The van der Waals surface area contributed by atoms with Gasteiger partial charge in [0.15, 0.2) is 0 Å². The van der Waals surface area contributed by atoms with Crippen LogP contribution in [0.3, 0.4) is 0 Å². The van der Waals surface area contributed by atoms with Crippen LogP contribution >= 0.6 is 0 Å². The lowest BCUT2D eigenvalue weighted by atomic mass is 9.99. The summed E-state index contributed by atoms with van der Waals surface area (Å²) in [5.74, 6) is 1.35. The van der Waals surface area contributed by atoms with Crippen LogP contribution in [0.2, 0.25) is 0 Å². The van der Waals surface area contributed by atoms with E-state index in [1.54, 1.807) is 18.9 Å². The molecular weight excluding hydrogens is 292 g/mol. The molecule has 0 unspecified atom stereocenters. The SMILES string of the molecule is COc1cc(C(C)C)ccc1CC(=O)N1CCN(C(C)=O)CC1. The van der Waals surface area contributed by atoms with E-state index in [4.69, 9.17) is 4.74 Å². The quantitative estimate of drug-likeness (QED) is 0.854. The summed E-state index contributed by atoms with van der Waals surface area (Å²) in [6.45, 7) is 8.27. The third-order valence-electron chi connectivity index (χ3n) is 4.40. The van der Waals surface area contributed by atoms with Gasteiger partial charge in [-0.25, -0.2) is 0 Å². The molecule has 1 aromatic carbocycles. The van der Waals surface area contributed by atoms with E-state index in [9.17, 15) is 9.59 Å². The van der Waals surface area contributed by atoms with Crippen LogP contribution < -0.4 is 4.74 Å². The predicted octanol–water partition coefficient (Wildman–Crippen LogP) is 2.05. The molecule has 23 heavy (non-hydrogen) atoms. The van der Waals surface area contributed by atoms with Gasteiger partial charge < -0.3 is 14.5 Å². The molecule has 1 saturated heterocycles. The second-order valence-corrected chi connectivity index (χ2v) is 6.29. The summed E-state index contributed by atoms with van der Waals surface area (Å²) in [6, 6.07) is 6.06. The molecule has 1 aliphatic rings. The van der Waals surface area contributed by atoms with Crippen molar-refractivity contribution < 1.29 is 14.3 Å². The van der Waals surface area contributed by atoms with E-state index in [0.717, 1.165) is 11.3 Å². The number of rotatable bonds is 4. The molecule has 5 heteroatoms. The largest absolute Gasteiger partial charge is 0.496 e. The summed E-state index contributed by atoms with van der Waals surface area (Å²) < 4.78 is 5.45. The second kappa shape index (κ2) is 7.49. The molecule has 2 rings (SSSR count). The van der Waals surface area contributed by atoms with Gasteiger partial charge in [0.2, 0.25) is 11.8 Å². The normalized spacial score (nSPS) is 15.0. The minimum absolute atomic E-state index is 0.0723. The number of benzene rings is 1. The van der Waals surface area contributed by atoms with E-state index in [2.05, 4.69) is 19.9 Å². The van der Waals surface area contributed by atoms with Crippen molar-refractivity contribution in [3.05, 3.63) is 29.3 Å². The van der Waals surface area contributed by atoms with Crippen molar-refractivity contribution in [3.63, 3.8) is 0 Å². The smallest absolute Gasteiger partial charge is 0.227 e. The molecular formula is C18H26N2O3. The first-order valence-electron chi connectivity index (χ1n) is 8.12. The number of nitrogens with zero attached hydrogens (tertiary/aromatic N) is 2. The molecule has 1 heterocycles. The molecule has 0 aromatic heterocycles. The van der Waals surface area contributed by atoms with E-state index >= 15 is 0 Å². The van der Waals surface area contributed by atoms with Gasteiger partial charge in [-0.2, -0.15) is 0 Å². The molecule has 0 bridgehead atoms. The topological polar surface area (TPSA) is 49.9 Å². The van der Waals surface area contributed by atoms with E-state index in [-0.39, 0.29) is 11.8 Å². The first-order valence-corrected chi connectivity index (χ1v) is 8.12. The van der Waals surface area contributed by atoms with Crippen LogP contribution in [0.25, 0.3) is 0 Å². The van der Waals surface area contributed by atoms with Crippen LogP contribution in [-0.4, -0.2) is 54.9 Å². The van der Waals surface area contributed by atoms with Crippen LogP contribution in [0.1, 0.15) is 37.8 Å². The van der Waals surface area contributed by atoms with Gasteiger partial charge in [-0.15, -0.1) is 0 Å². The van der Waals surface area contributed by atoms with Crippen LogP contribution in [0.15, 0.2) is 18.2 Å². The van der Waals surface area contributed by atoms with Crippen LogP contribution in [-0.2, 0) is 16.0 Å². The van der Waals surface area contributed by atoms with Gasteiger partial charge in [0.25, 0.3) is 0 Å². The average molecular weight is 318 g/mol. The van der Waals surface area contributed by atoms with Crippen molar-refractivity contribution in [1.29, 1.82) is 0 Å². The van der Waals surface area contributed by atoms with Crippen molar-refractivity contribution in [1.82, 2.24) is 9.80 Å². The third kappa shape index (κ3) is 4.24. The van der Waals surface area contributed by atoms with Gasteiger partial charge in [0, 0.05) is 38.7 Å². The summed E-state index contributed by atoms with van der Waals surface area (Å²) in [5, 5.41) is 0. The summed E-state index contributed by atoms with van der Waals surface area (Å²) in [4.78, 5) is 27.4. The predicted molar refractivity (Wildman–Crippen MR) is 89.6 cm³/mol. The van der Waals surface area contributed by atoms with Crippen molar-refractivity contribution in [3.8, 4) is 5.75 Å². The molecule has 2 amide bonds. The van der Waals surface area contributed by atoms with Crippen molar-refractivity contribution in [2.24, 2.45) is 0 Å². The van der Waals surface area contributed by atoms with E-state index in [1.165, 1.54) is 5.56 Å². The fourth-order valence-electron chi connectivity index (χ4n) is 2.81. The van der Waals surface area contributed by atoms with Crippen molar-refractivity contribution >= 4 is 11.8 Å². The van der Waals surface area contributed by atoms with Gasteiger partial charge in [-0.05, 0) is 17.5 Å². The molecule has 0 aliphatic carbocycles. The number of amides is 2. The maximum atomic E-state index is 12.5. The van der Waals surface area contributed by atoms with Gasteiger partial charge in [-0.3, -0.25) is 9.59 Å². The summed E-state index contributed by atoms with van der Waals surface area (Å²) in [6.07, 6.45) is 0.335. The Morgan fingerprint density at radius 3 is 2.26 bits per heavy atom. The average Bonchev–Trinajstić information content (AvgIpc) is 2.55. The Labute approximate surface area is 138 Å². The molecule has 5 nitrogen and oxygen atoms in total. The Morgan fingerprint density at radius 2 is 1.74 bits per heavy atom. The molecule has 0 saturated carbocycles. The molecule has 1 aromatic rings. The highest BCUT2D eigenvalue weighted by molar-refractivity contribution is 5.80. The molecule has 0 N–H and O–H groups in total. The lowest BCUT2D eigenvalue weighted by molar-refractivity contribution is -0.138. The zero-order valence-electron chi connectivity index (χ0n) is 14.5. The standard InChI is InChI=1S/C18H26N2O3/c1-13(2)15-5-6-16(17(11-15)23-4)12-18(22)20-9-7-19(8-10-20)14(3)21/h5-6,11,13H,7-10,12H2,1-4H3. The number of hydrogen-bond acceptors (Lipinski definition) is 3. The molecule has 1 fully saturated rings. The highest BCUT2D eigenvalue weighted by Gasteiger charge is 2.23. The summed E-state index contributed by atoms with van der Waals surface area (Å²) in [5.41, 5.74) is 2.11. The minimum atomic E-state index is 0.0723. The number of carbonyl (C=O) groups is 2. The fourth-order valence-corrected chi connectivity index (χ4v) is 2.81. The lowest BCUT2D eigenvalue weighted by Gasteiger charge is -2.34. The van der Waals surface area contributed by atoms with Crippen LogP contribution in [0, 0.1) is 0 Å². The number of piperazine rings is 1. The van der Waals surface area contributed by atoms with Gasteiger partial charge >= 0.3 is 0 Å². The Balaban J connectivity index is 2.02. The van der Waals surface area contributed by atoms with Gasteiger partial charge in [0.05, 0.1) is 13.5 Å². The zero-order chi connectivity index (χ0) is 17.0. The van der Waals surface area contributed by atoms with E-state index in [1.807, 2.05) is 17.0 Å². The third-order valence-corrected chi connectivity index (χ3v) is 4.40. The molecule has 0 radical (unpaired) electrons. The van der Waals surface area contributed by atoms with Gasteiger partial charge in [0.1, 0.15) is 5.75 Å². The maximum Gasteiger partial charge on any atom is 0.227 e. The first-order chi connectivity index (χ1) is 10.9. The highest BCUT2D eigenvalue weighted by Crippen LogP contribution is 2.25. The lowest BCUT2D eigenvalue weighted by Crippen LogP contribution is -2.50. The number of hydrogen-bond donors (Lipinski definition) is 0. The Hall–Kier alpha value is -2.04. The molecule has 0 atom stereocenters. The summed E-state index contributed by atoms with van der Waals surface area (Å²) in [7, 11) is 1.64. The molecule has 1 aliphatic heterocycles. The Kier molecular flexibility index (Phi) is 5.64. The van der Waals surface area contributed by atoms with Crippen molar-refractivity contribution in [2.45, 2.75) is 33.1 Å². The number of ether oxygens (including phenoxy) is 1. The number of methoxy groups -OCH3 is 1. The van der Waals surface area contributed by atoms with Gasteiger partial charge in [-0.1, -0.05) is 26.0 Å². The highest BCUT2D eigenvalue weighted by atomic mass is 16.5. The van der Waals surface area contributed by atoms with Crippen molar-refractivity contribution in [2.75, 3.05) is 33.3 Å². The van der Waals surface area contributed by atoms with Crippen LogP contribution in [0.4, 0.5) is 0 Å². The molecule has 0 spiro atoms. The Morgan fingerprint density at radius 1 is 1.13 bits per heavy atom. The minimum Gasteiger partial charge on any atom is -0.496 e. The van der Waals surface area contributed by atoms with E-state index < -0.39 is 0 Å². The maximum absolute atomic E-state index is 12.5. The summed E-state index contributed by atoms with van der Waals surface area (Å²) >= 11 is 0. The Bertz CT molecular complexity index is 576. The monoisotopic (exact) mass is 318 g/mol. The first kappa shape index (κ1) is 17.3.